The van der Waals surface area contributed by atoms with Gasteiger partial charge in [-0.25, -0.2) is 9.37 Å². The Morgan fingerprint density at radius 3 is 2.38 bits per heavy atom. The summed E-state index contributed by atoms with van der Waals surface area (Å²) in [5.74, 6) is -0.745. The molecule has 10 heteroatoms. The molecule has 188 valence electrons. The van der Waals surface area contributed by atoms with Crippen molar-refractivity contribution in [3.63, 3.8) is 0 Å². The second-order valence-electron chi connectivity index (χ2n) is 8.53. The first-order valence-electron chi connectivity index (χ1n) is 11.1. The third-order valence-corrected chi connectivity index (χ3v) is 6.69. The van der Waals surface area contributed by atoms with Gasteiger partial charge in [0, 0.05) is 17.1 Å². The fourth-order valence-electron chi connectivity index (χ4n) is 4.29. The Balaban J connectivity index is 1.77. The van der Waals surface area contributed by atoms with Crippen molar-refractivity contribution in [1.29, 1.82) is 0 Å². The van der Waals surface area contributed by atoms with E-state index in [0.29, 0.717) is 27.8 Å². The Bertz CT molecular complexity index is 1560. The average Bonchev–Trinajstić information content (AvgIpc) is 3.25. The normalized spacial score (nSPS) is 13.5. The van der Waals surface area contributed by atoms with Crippen LogP contribution in [-0.2, 0) is 18.1 Å². The van der Waals surface area contributed by atoms with Crippen LogP contribution < -0.4 is 5.32 Å². The van der Waals surface area contributed by atoms with Crippen LogP contribution in [0.2, 0.25) is 5.02 Å². The Morgan fingerprint density at radius 1 is 0.919 bits per heavy atom. The highest BCUT2D eigenvalue weighted by molar-refractivity contribution is 9.10. The number of imidazole rings is 1. The number of aromatic amines is 1. The summed E-state index contributed by atoms with van der Waals surface area (Å²) in [6.45, 7) is 0. The quantitative estimate of drug-likeness (QED) is 0.197. The Hall–Kier alpha value is -3.43. The first-order valence-corrected chi connectivity index (χ1v) is 12.3. The number of nitrogens with one attached hydrogen (secondary N) is 2. The molecule has 0 spiro atoms. The smallest absolute Gasteiger partial charge is 0.340 e. The maximum Gasteiger partial charge on any atom is 0.416 e. The second kappa shape index (κ2) is 9.79. The highest BCUT2D eigenvalue weighted by Gasteiger charge is 2.40. The van der Waals surface area contributed by atoms with E-state index in [1.165, 1.54) is 6.20 Å². The van der Waals surface area contributed by atoms with Crippen molar-refractivity contribution in [2.24, 2.45) is 0 Å². The van der Waals surface area contributed by atoms with Gasteiger partial charge < -0.3 is 10.3 Å². The van der Waals surface area contributed by atoms with Gasteiger partial charge in [0.25, 0.3) is 0 Å². The molecule has 0 aliphatic rings. The summed E-state index contributed by atoms with van der Waals surface area (Å²) in [4.78, 5) is 12.2. The van der Waals surface area contributed by atoms with Crippen LogP contribution in [0.3, 0.4) is 0 Å². The summed E-state index contributed by atoms with van der Waals surface area (Å²) in [6.07, 6.45) is -3.23. The van der Waals surface area contributed by atoms with Crippen molar-refractivity contribution in [3.05, 3.63) is 123 Å². The number of H-pyrrole nitrogens is 1. The van der Waals surface area contributed by atoms with Gasteiger partial charge in [0.05, 0.1) is 27.3 Å². The molecule has 4 nitrogen and oxygen atoms in total. The predicted octanol–water partition coefficient (Wildman–Crippen LogP) is 8.13. The molecule has 0 radical (unpaired) electrons. The number of benzene rings is 3. The minimum atomic E-state index is -4.76. The third kappa shape index (κ3) is 5.33. The molecule has 2 N–H and O–H groups in total. The van der Waals surface area contributed by atoms with Crippen LogP contribution in [0.4, 0.5) is 23.5 Å². The molecule has 5 rings (SSSR count). The number of pyridine rings is 1. The van der Waals surface area contributed by atoms with Gasteiger partial charge in [-0.1, -0.05) is 57.9 Å². The molecule has 0 saturated heterocycles. The SMILES string of the molecule is Fc1cc(C(F)(F)F)cc(C(Cc2ccccc2)(Nc2nc3ccc(Br)cc3[nH]2)c2ccc(Cl)cn2)c1. The monoisotopic (exact) mass is 588 g/mol. The van der Waals surface area contributed by atoms with Crippen molar-refractivity contribution >= 4 is 44.5 Å². The maximum atomic E-state index is 14.8. The highest BCUT2D eigenvalue weighted by Crippen LogP contribution is 2.40. The van der Waals surface area contributed by atoms with Crippen molar-refractivity contribution in [2.75, 3.05) is 5.32 Å². The zero-order valence-electron chi connectivity index (χ0n) is 19.0. The number of fused-ring (bicyclic) bond motifs is 1. The molecule has 2 heterocycles. The van der Waals surface area contributed by atoms with Crippen LogP contribution in [0, 0.1) is 5.82 Å². The Morgan fingerprint density at radius 2 is 1.68 bits per heavy atom. The summed E-state index contributed by atoms with van der Waals surface area (Å²) >= 11 is 9.52. The summed E-state index contributed by atoms with van der Waals surface area (Å²) in [5.41, 5.74) is -0.0867. The largest absolute Gasteiger partial charge is 0.416 e. The third-order valence-electron chi connectivity index (χ3n) is 5.97. The van der Waals surface area contributed by atoms with Crippen molar-refractivity contribution < 1.29 is 17.6 Å². The van der Waals surface area contributed by atoms with Crippen LogP contribution in [0.1, 0.15) is 22.4 Å². The van der Waals surface area contributed by atoms with E-state index in [1.807, 2.05) is 42.5 Å². The number of halogens is 6. The van der Waals surface area contributed by atoms with Crippen LogP contribution in [0.15, 0.2) is 89.5 Å². The van der Waals surface area contributed by atoms with Crippen LogP contribution >= 0.6 is 27.5 Å². The Kier molecular flexibility index (Phi) is 6.68. The lowest BCUT2D eigenvalue weighted by atomic mass is 9.80. The lowest BCUT2D eigenvalue weighted by Crippen LogP contribution is -2.40. The molecule has 0 aliphatic heterocycles. The second-order valence-corrected chi connectivity index (χ2v) is 9.88. The van der Waals surface area contributed by atoms with Crippen molar-refractivity contribution in [1.82, 2.24) is 15.0 Å². The van der Waals surface area contributed by atoms with E-state index >= 15 is 0 Å². The molecule has 37 heavy (non-hydrogen) atoms. The molecule has 2 aromatic heterocycles. The van der Waals surface area contributed by atoms with Crippen LogP contribution in [0.25, 0.3) is 11.0 Å². The van der Waals surface area contributed by atoms with Gasteiger partial charge in [-0.3, -0.25) is 4.98 Å². The number of hydrogen-bond donors (Lipinski definition) is 2. The molecule has 1 atom stereocenters. The van der Waals surface area contributed by atoms with E-state index < -0.39 is 23.1 Å². The molecule has 0 amide bonds. The van der Waals surface area contributed by atoms with E-state index in [9.17, 15) is 17.6 Å². The maximum absolute atomic E-state index is 14.8. The number of alkyl halides is 3. The fraction of sp³-hybridized carbons (Fsp3) is 0.111. The topological polar surface area (TPSA) is 53.6 Å². The van der Waals surface area contributed by atoms with E-state index in [-0.39, 0.29) is 17.9 Å². The highest BCUT2D eigenvalue weighted by atomic mass is 79.9. The molecule has 0 fully saturated rings. The van der Waals surface area contributed by atoms with Gasteiger partial charge in [0.2, 0.25) is 5.95 Å². The molecule has 1 unspecified atom stereocenters. The number of anilines is 1. The lowest BCUT2D eigenvalue weighted by Gasteiger charge is -2.35. The first kappa shape index (κ1) is 25.2. The standard InChI is InChI=1S/C27H18BrClF4N4/c28-19-6-8-22-23(13-19)36-25(35-22)37-26(14-16-4-2-1-3-5-16,24-9-7-20(29)15-34-24)17-10-18(27(31,32)33)12-21(30)11-17/h1-13,15H,14H2,(H2,35,36,37). The molecular weight excluding hydrogens is 572 g/mol. The summed E-state index contributed by atoms with van der Waals surface area (Å²) in [6, 6.07) is 20.3. The van der Waals surface area contributed by atoms with Crippen LogP contribution in [0.5, 0.6) is 0 Å². The van der Waals surface area contributed by atoms with Gasteiger partial charge in [-0.2, -0.15) is 13.2 Å². The fourth-order valence-corrected chi connectivity index (χ4v) is 4.77. The lowest BCUT2D eigenvalue weighted by molar-refractivity contribution is -0.137. The Labute approximate surface area is 222 Å². The van der Waals surface area contributed by atoms with Gasteiger partial charge in [0.15, 0.2) is 0 Å². The summed E-state index contributed by atoms with van der Waals surface area (Å²) in [7, 11) is 0. The summed E-state index contributed by atoms with van der Waals surface area (Å²) < 4.78 is 56.9. The predicted molar refractivity (Wildman–Crippen MR) is 139 cm³/mol. The summed E-state index contributed by atoms with van der Waals surface area (Å²) in [5, 5.41) is 3.63. The van der Waals surface area contributed by atoms with Gasteiger partial charge >= 0.3 is 6.18 Å². The molecule has 0 saturated carbocycles. The minimum Gasteiger partial charge on any atom is -0.340 e. The zero-order chi connectivity index (χ0) is 26.2. The van der Waals surface area contributed by atoms with Crippen LogP contribution in [-0.4, -0.2) is 15.0 Å². The van der Waals surface area contributed by atoms with Crippen molar-refractivity contribution in [3.8, 4) is 0 Å². The number of nitrogens with zero attached hydrogens (tertiary/aromatic N) is 2. The van der Waals surface area contributed by atoms with Crippen molar-refractivity contribution in [2.45, 2.75) is 18.1 Å². The van der Waals surface area contributed by atoms with E-state index in [0.717, 1.165) is 22.2 Å². The first-order chi connectivity index (χ1) is 17.6. The molecule has 5 aromatic rings. The van der Waals surface area contributed by atoms with E-state index in [4.69, 9.17) is 11.6 Å². The average molecular weight is 590 g/mol. The number of aromatic nitrogens is 3. The van der Waals surface area contributed by atoms with Gasteiger partial charge in [-0.05, 0) is 59.7 Å². The molecule has 0 bridgehead atoms. The zero-order valence-corrected chi connectivity index (χ0v) is 21.3. The molecular formula is C27H18BrClF4N4. The van der Waals surface area contributed by atoms with E-state index in [2.05, 4.69) is 36.2 Å². The molecule has 3 aromatic carbocycles. The molecule has 0 aliphatic carbocycles. The number of hydrogen-bond acceptors (Lipinski definition) is 3. The van der Waals surface area contributed by atoms with E-state index in [1.54, 1.807) is 18.2 Å². The minimum absolute atomic E-state index is 0.0279. The number of rotatable bonds is 6. The van der Waals surface area contributed by atoms with Gasteiger partial charge in [0.1, 0.15) is 11.4 Å². The van der Waals surface area contributed by atoms with Gasteiger partial charge in [-0.15, -0.1) is 0 Å².